The summed E-state index contributed by atoms with van der Waals surface area (Å²) in [4.78, 5) is 0. The van der Waals surface area contributed by atoms with Crippen molar-refractivity contribution in [3.8, 4) is 0 Å². The molecule has 4 saturated heterocycles. The standard InChI is InChI=1S/C16H26O5/c1-9-7-10(2)19-16(18-9)11-5-6-12(17-8-11)13-14(16)21-15(3,4)20-13/h9-14H,5-8H2,1-4H3/t9-,10+,11-,12-,13+,14+,16?/m1/s1. The molecule has 120 valence electrons. The van der Waals surface area contributed by atoms with E-state index in [4.69, 9.17) is 23.7 Å². The lowest BCUT2D eigenvalue weighted by Gasteiger charge is -2.49. The topological polar surface area (TPSA) is 46.2 Å². The molecule has 7 atom stereocenters. The van der Waals surface area contributed by atoms with Crippen molar-refractivity contribution in [3.63, 3.8) is 0 Å². The normalized spacial score (nSPS) is 55.4. The Kier molecular flexibility index (Phi) is 3.19. The Balaban J connectivity index is 1.76. The Morgan fingerprint density at radius 1 is 0.905 bits per heavy atom. The molecule has 1 aliphatic carbocycles. The van der Waals surface area contributed by atoms with Crippen LogP contribution < -0.4 is 0 Å². The first-order chi connectivity index (χ1) is 9.90. The lowest BCUT2D eigenvalue weighted by Crippen LogP contribution is -2.61. The highest BCUT2D eigenvalue weighted by Gasteiger charge is 2.65. The van der Waals surface area contributed by atoms with Crippen LogP contribution in [0.1, 0.15) is 47.0 Å². The summed E-state index contributed by atoms with van der Waals surface area (Å²) in [6, 6.07) is 0. The molecule has 5 nitrogen and oxygen atoms in total. The van der Waals surface area contributed by atoms with Crippen molar-refractivity contribution >= 4 is 0 Å². The van der Waals surface area contributed by atoms with E-state index < -0.39 is 11.6 Å². The summed E-state index contributed by atoms with van der Waals surface area (Å²) in [6.07, 6.45) is 3.06. The van der Waals surface area contributed by atoms with Gasteiger partial charge in [-0.3, -0.25) is 0 Å². The van der Waals surface area contributed by atoms with E-state index in [0.29, 0.717) is 6.61 Å². The molecule has 21 heavy (non-hydrogen) atoms. The maximum absolute atomic E-state index is 6.40. The summed E-state index contributed by atoms with van der Waals surface area (Å²) in [5.74, 6) is -1.12. The Morgan fingerprint density at radius 2 is 1.62 bits per heavy atom. The predicted octanol–water partition coefficient (Wildman–Crippen LogP) is 2.23. The van der Waals surface area contributed by atoms with Crippen LogP contribution in [0.4, 0.5) is 0 Å². The fourth-order valence-corrected chi connectivity index (χ4v) is 4.50. The van der Waals surface area contributed by atoms with Gasteiger partial charge in [0.1, 0.15) is 12.2 Å². The zero-order valence-corrected chi connectivity index (χ0v) is 13.3. The van der Waals surface area contributed by atoms with Crippen molar-refractivity contribution in [3.05, 3.63) is 0 Å². The number of fused-ring (bicyclic) bond motifs is 2. The molecule has 5 aliphatic rings. The molecule has 5 rings (SSSR count). The van der Waals surface area contributed by atoms with E-state index in [1.54, 1.807) is 0 Å². The fourth-order valence-electron chi connectivity index (χ4n) is 4.50. The number of ether oxygens (including phenoxy) is 5. The highest BCUT2D eigenvalue weighted by atomic mass is 16.8. The van der Waals surface area contributed by atoms with Crippen LogP contribution in [0.2, 0.25) is 0 Å². The van der Waals surface area contributed by atoms with Crippen molar-refractivity contribution in [2.45, 2.75) is 89.1 Å². The minimum Gasteiger partial charge on any atom is -0.375 e. The Hall–Kier alpha value is -0.200. The fraction of sp³-hybridized carbons (Fsp3) is 1.00. The highest BCUT2D eigenvalue weighted by molar-refractivity contribution is 5.06. The summed E-state index contributed by atoms with van der Waals surface area (Å²) in [5, 5.41) is 0. The molecule has 5 fully saturated rings. The van der Waals surface area contributed by atoms with Crippen LogP contribution in [0.25, 0.3) is 0 Å². The summed E-state index contributed by atoms with van der Waals surface area (Å²) in [6.45, 7) is 8.82. The molecule has 2 bridgehead atoms. The minimum absolute atomic E-state index is 0.0899. The van der Waals surface area contributed by atoms with Gasteiger partial charge in [0.25, 0.3) is 0 Å². The van der Waals surface area contributed by atoms with E-state index in [1.807, 2.05) is 13.8 Å². The molecule has 1 unspecified atom stereocenters. The zero-order valence-electron chi connectivity index (χ0n) is 13.3. The van der Waals surface area contributed by atoms with Gasteiger partial charge >= 0.3 is 0 Å². The zero-order chi connectivity index (χ0) is 14.8. The molecule has 1 saturated carbocycles. The van der Waals surface area contributed by atoms with Crippen LogP contribution in [0.5, 0.6) is 0 Å². The van der Waals surface area contributed by atoms with Gasteiger partial charge in [-0.05, 0) is 47.0 Å². The third kappa shape index (κ3) is 2.17. The van der Waals surface area contributed by atoms with E-state index in [9.17, 15) is 0 Å². The van der Waals surface area contributed by atoms with Crippen LogP contribution in [-0.4, -0.2) is 48.7 Å². The van der Waals surface area contributed by atoms with Gasteiger partial charge in [0.05, 0.1) is 24.9 Å². The van der Waals surface area contributed by atoms with Gasteiger partial charge < -0.3 is 23.7 Å². The van der Waals surface area contributed by atoms with Gasteiger partial charge in [-0.25, -0.2) is 0 Å². The summed E-state index contributed by atoms with van der Waals surface area (Å²) >= 11 is 0. The van der Waals surface area contributed by atoms with Crippen LogP contribution >= 0.6 is 0 Å². The van der Waals surface area contributed by atoms with Crippen molar-refractivity contribution in [2.24, 2.45) is 5.92 Å². The summed E-state index contributed by atoms with van der Waals surface area (Å²) < 4.78 is 31.2. The van der Waals surface area contributed by atoms with Crippen LogP contribution in [-0.2, 0) is 23.7 Å². The largest absolute Gasteiger partial charge is 0.375 e. The van der Waals surface area contributed by atoms with Gasteiger partial charge in [0, 0.05) is 5.92 Å². The average Bonchev–Trinajstić information content (AvgIpc) is 2.66. The van der Waals surface area contributed by atoms with Crippen LogP contribution in [0.3, 0.4) is 0 Å². The Morgan fingerprint density at radius 3 is 2.24 bits per heavy atom. The molecule has 0 aromatic rings. The van der Waals surface area contributed by atoms with E-state index in [0.717, 1.165) is 19.3 Å². The molecule has 1 spiro atoms. The molecule has 0 aromatic heterocycles. The molecular weight excluding hydrogens is 272 g/mol. The first-order valence-electron chi connectivity index (χ1n) is 8.22. The summed E-state index contributed by atoms with van der Waals surface area (Å²) in [5.41, 5.74) is 0. The number of hydrogen-bond acceptors (Lipinski definition) is 5. The molecule has 4 aliphatic heterocycles. The van der Waals surface area contributed by atoms with Gasteiger partial charge in [-0.1, -0.05) is 0 Å². The monoisotopic (exact) mass is 298 g/mol. The molecule has 0 amide bonds. The lowest BCUT2D eigenvalue weighted by atomic mass is 9.89. The first kappa shape index (κ1) is 14.4. The maximum Gasteiger partial charge on any atom is 0.203 e. The van der Waals surface area contributed by atoms with E-state index >= 15 is 0 Å². The molecule has 5 heteroatoms. The average molecular weight is 298 g/mol. The highest BCUT2D eigenvalue weighted by Crippen LogP contribution is 2.51. The SMILES string of the molecule is C[C@@H]1C[C@H](C)OC2(O1)[C@@H]1CC[C@@H](OC1)[C@@H]1OC(C)(C)O[C@@H]12. The van der Waals surface area contributed by atoms with Gasteiger partial charge in [-0.2, -0.15) is 0 Å². The molecule has 0 aromatic carbocycles. The third-order valence-electron chi connectivity index (χ3n) is 5.21. The minimum atomic E-state index is -0.721. The van der Waals surface area contributed by atoms with E-state index in [-0.39, 0.29) is 36.4 Å². The van der Waals surface area contributed by atoms with Gasteiger partial charge in [0.2, 0.25) is 5.79 Å². The van der Waals surface area contributed by atoms with E-state index in [2.05, 4.69) is 13.8 Å². The van der Waals surface area contributed by atoms with Gasteiger partial charge in [0.15, 0.2) is 5.79 Å². The lowest BCUT2D eigenvalue weighted by molar-refractivity contribution is -0.373. The van der Waals surface area contributed by atoms with E-state index in [1.165, 1.54) is 0 Å². The smallest absolute Gasteiger partial charge is 0.203 e. The molecule has 0 N–H and O–H groups in total. The second-order valence-electron chi connectivity index (χ2n) is 7.48. The van der Waals surface area contributed by atoms with Crippen LogP contribution in [0, 0.1) is 5.92 Å². The van der Waals surface area contributed by atoms with Crippen LogP contribution in [0.15, 0.2) is 0 Å². The quantitative estimate of drug-likeness (QED) is 0.686. The predicted molar refractivity (Wildman–Crippen MR) is 74.7 cm³/mol. The Bertz CT molecular complexity index is 405. The third-order valence-corrected chi connectivity index (χ3v) is 5.21. The van der Waals surface area contributed by atoms with Crippen molar-refractivity contribution in [1.29, 1.82) is 0 Å². The Labute approximate surface area is 126 Å². The van der Waals surface area contributed by atoms with Crippen molar-refractivity contribution < 1.29 is 23.7 Å². The number of rotatable bonds is 0. The second-order valence-corrected chi connectivity index (χ2v) is 7.48. The molecular formula is C16H26O5. The second kappa shape index (κ2) is 4.65. The molecule has 4 heterocycles. The van der Waals surface area contributed by atoms with Gasteiger partial charge in [-0.15, -0.1) is 0 Å². The maximum atomic E-state index is 6.40. The van der Waals surface area contributed by atoms with Crippen molar-refractivity contribution in [2.75, 3.05) is 6.61 Å². The molecule has 0 radical (unpaired) electrons. The first-order valence-corrected chi connectivity index (χ1v) is 8.22. The van der Waals surface area contributed by atoms with Crippen molar-refractivity contribution in [1.82, 2.24) is 0 Å². The number of hydrogen-bond donors (Lipinski definition) is 0. The summed E-state index contributed by atoms with van der Waals surface area (Å²) in [7, 11) is 0.